The third-order valence-corrected chi connectivity index (χ3v) is 5.51. The number of hydrogen-bond donors (Lipinski definition) is 2. The number of para-hydroxylation sites is 1. The van der Waals surface area contributed by atoms with Crippen LogP contribution in [0.25, 0.3) is 10.9 Å². The Hall–Kier alpha value is -2.68. The summed E-state index contributed by atoms with van der Waals surface area (Å²) in [6.07, 6.45) is 0.0201. The second-order valence-electron chi connectivity index (χ2n) is 6.61. The maximum absolute atomic E-state index is 12.6. The highest BCUT2D eigenvalue weighted by molar-refractivity contribution is 7.71. The summed E-state index contributed by atoms with van der Waals surface area (Å²) in [5, 5.41) is 3.84. The highest BCUT2D eigenvalue weighted by Gasteiger charge is 2.15. The lowest BCUT2D eigenvalue weighted by Gasteiger charge is -2.17. The molecule has 0 aliphatic carbocycles. The van der Waals surface area contributed by atoms with Crippen molar-refractivity contribution >= 4 is 63.8 Å². The molecule has 0 aliphatic rings. The molecular formula is C20H18Cl2N4O3S. The molecule has 0 atom stereocenters. The molecule has 2 amide bonds. The number of benzene rings is 2. The summed E-state index contributed by atoms with van der Waals surface area (Å²) >= 11 is 17.0. The summed E-state index contributed by atoms with van der Waals surface area (Å²) in [6.45, 7) is -0.0465. The molecule has 0 aliphatic heterocycles. The summed E-state index contributed by atoms with van der Waals surface area (Å²) in [5.74, 6) is -0.682. The van der Waals surface area contributed by atoms with Crippen molar-refractivity contribution in [1.82, 2.24) is 14.5 Å². The first-order valence-electron chi connectivity index (χ1n) is 8.97. The Balaban J connectivity index is 1.61. The van der Waals surface area contributed by atoms with Gasteiger partial charge in [0.15, 0.2) is 4.77 Å². The highest BCUT2D eigenvalue weighted by atomic mass is 35.5. The molecule has 3 aromatic rings. The molecule has 2 aromatic carbocycles. The van der Waals surface area contributed by atoms with Gasteiger partial charge in [-0.2, -0.15) is 0 Å². The SMILES string of the molecule is CN(CC(=O)Nc1ccc(Cl)c(Cl)c1)C(=O)CCn1c(=S)[nH]c2ccccc2c1=O. The van der Waals surface area contributed by atoms with Gasteiger partial charge in [-0.25, -0.2) is 0 Å². The highest BCUT2D eigenvalue weighted by Crippen LogP contribution is 2.24. The molecule has 0 fully saturated rings. The van der Waals surface area contributed by atoms with E-state index < -0.39 is 0 Å². The van der Waals surface area contributed by atoms with Crippen molar-refractivity contribution in [2.24, 2.45) is 0 Å². The number of rotatable bonds is 6. The van der Waals surface area contributed by atoms with E-state index >= 15 is 0 Å². The topological polar surface area (TPSA) is 87.2 Å². The second-order valence-corrected chi connectivity index (χ2v) is 7.81. The van der Waals surface area contributed by atoms with Crippen molar-refractivity contribution in [2.75, 3.05) is 18.9 Å². The molecule has 1 aromatic heterocycles. The molecule has 156 valence electrons. The van der Waals surface area contributed by atoms with E-state index in [0.29, 0.717) is 26.6 Å². The number of aromatic nitrogens is 2. The van der Waals surface area contributed by atoms with E-state index in [1.165, 1.54) is 22.6 Å². The van der Waals surface area contributed by atoms with Gasteiger partial charge in [0.1, 0.15) is 0 Å². The quantitative estimate of drug-likeness (QED) is 0.542. The number of hydrogen-bond acceptors (Lipinski definition) is 4. The fraction of sp³-hybridized carbons (Fsp3) is 0.200. The van der Waals surface area contributed by atoms with Crippen LogP contribution in [0.1, 0.15) is 6.42 Å². The maximum atomic E-state index is 12.6. The molecule has 2 N–H and O–H groups in total. The maximum Gasteiger partial charge on any atom is 0.262 e. The van der Waals surface area contributed by atoms with Crippen LogP contribution in [0.5, 0.6) is 0 Å². The number of amides is 2. The second kappa shape index (κ2) is 9.42. The molecule has 0 saturated heterocycles. The number of likely N-dealkylation sites (N-methyl/N-ethyl adjacent to an activating group) is 1. The van der Waals surface area contributed by atoms with Gasteiger partial charge in [-0.3, -0.25) is 19.0 Å². The van der Waals surface area contributed by atoms with Crippen LogP contribution >= 0.6 is 35.4 Å². The van der Waals surface area contributed by atoms with Crippen molar-refractivity contribution in [2.45, 2.75) is 13.0 Å². The van der Waals surface area contributed by atoms with Crippen molar-refractivity contribution < 1.29 is 9.59 Å². The lowest BCUT2D eigenvalue weighted by Crippen LogP contribution is -2.36. The van der Waals surface area contributed by atoms with Gasteiger partial charge in [-0.1, -0.05) is 35.3 Å². The van der Waals surface area contributed by atoms with Crippen molar-refractivity contribution in [3.05, 3.63) is 67.6 Å². The van der Waals surface area contributed by atoms with Crippen LogP contribution in [0.2, 0.25) is 10.0 Å². The summed E-state index contributed by atoms with van der Waals surface area (Å²) in [7, 11) is 1.51. The van der Waals surface area contributed by atoms with Crippen molar-refractivity contribution in [3.8, 4) is 0 Å². The molecule has 1 heterocycles. The summed E-state index contributed by atoms with van der Waals surface area (Å²) in [6, 6.07) is 11.7. The molecule has 0 spiro atoms. The predicted molar refractivity (Wildman–Crippen MR) is 121 cm³/mol. The van der Waals surface area contributed by atoms with Gasteiger partial charge in [0.2, 0.25) is 11.8 Å². The summed E-state index contributed by atoms with van der Waals surface area (Å²) in [4.78, 5) is 41.5. The number of anilines is 1. The van der Waals surface area contributed by atoms with E-state index in [-0.39, 0.29) is 41.7 Å². The normalized spacial score (nSPS) is 10.8. The number of nitrogens with zero attached hydrogens (tertiary/aromatic N) is 2. The van der Waals surface area contributed by atoms with Gasteiger partial charge in [-0.05, 0) is 42.5 Å². The van der Waals surface area contributed by atoms with Crippen molar-refractivity contribution in [1.29, 1.82) is 0 Å². The molecular weight excluding hydrogens is 447 g/mol. The van der Waals surface area contributed by atoms with Crippen molar-refractivity contribution in [3.63, 3.8) is 0 Å². The number of H-pyrrole nitrogens is 1. The number of carbonyl (C=O) groups excluding carboxylic acids is 2. The first kappa shape index (κ1) is 22.0. The van der Waals surface area contributed by atoms with Gasteiger partial charge >= 0.3 is 0 Å². The Labute approximate surface area is 187 Å². The van der Waals surface area contributed by atoms with E-state index in [0.717, 1.165) is 0 Å². The first-order chi connectivity index (χ1) is 14.3. The Morgan fingerprint density at radius 3 is 2.63 bits per heavy atom. The minimum Gasteiger partial charge on any atom is -0.336 e. The van der Waals surface area contributed by atoms with Crippen LogP contribution in [-0.2, 0) is 16.1 Å². The van der Waals surface area contributed by atoms with Gasteiger partial charge in [0.05, 0.1) is 27.5 Å². The molecule has 30 heavy (non-hydrogen) atoms. The van der Waals surface area contributed by atoms with Crippen LogP contribution < -0.4 is 10.9 Å². The molecule has 7 nitrogen and oxygen atoms in total. The van der Waals surface area contributed by atoms with E-state index in [1.54, 1.807) is 36.4 Å². The lowest BCUT2D eigenvalue weighted by molar-refractivity contribution is -0.133. The Kier molecular flexibility index (Phi) is 6.91. The standard InChI is InChI=1S/C20H18Cl2N4O3S/c1-25(11-17(27)23-12-6-7-14(21)15(22)10-12)18(28)8-9-26-19(29)13-4-2-3-5-16(13)24-20(26)30/h2-7,10H,8-9,11H2,1H3,(H,23,27)(H,24,30). The van der Waals surface area contributed by atoms with Crippen LogP contribution in [0, 0.1) is 4.77 Å². The predicted octanol–water partition coefficient (Wildman–Crippen LogP) is 3.85. The number of halogens is 2. The van der Waals surface area contributed by atoms with Crippen LogP contribution in [0.4, 0.5) is 5.69 Å². The molecule has 0 unspecified atom stereocenters. The molecule has 0 saturated carbocycles. The zero-order chi connectivity index (χ0) is 21.8. The third kappa shape index (κ3) is 5.08. The Morgan fingerprint density at radius 2 is 1.90 bits per heavy atom. The van der Waals surface area contributed by atoms with Crippen LogP contribution in [0.15, 0.2) is 47.3 Å². The van der Waals surface area contributed by atoms with E-state index in [1.807, 2.05) is 0 Å². The largest absolute Gasteiger partial charge is 0.336 e. The first-order valence-corrected chi connectivity index (χ1v) is 10.1. The van der Waals surface area contributed by atoms with Gasteiger partial charge in [-0.15, -0.1) is 0 Å². The number of aromatic amines is 1. The zero-order valence-electron chi connectivity index (χ0n) is 15.9. The van der Waals surface area contributed by atoms with Crippen LogP contribution in [-0.4, -0.2) is 39.9 Å². The number of carbonyl (C=O) groups is 2. The average molecular weight is 465 g/mol. The molecule has 0 radical (unpaired) electrons. The van der Waals surface area contributed by atoms with Gasteiger partial charge in [0, 0.05) is 25.7 Å². The van der Waals surface area contributed by atoms with Gasteiger partial charge < -0.3 is 15.2 Å². The van der Waals surface area contributed by atoms with E-state index in [4.69, 9.17) is 35.4 Å². The molecule has 10 heteroatoms. The minimum absolute atomic E-state index is 0.0201. The molecule has 3 rings (SSSR count). The summed E-state index contributed by atoms with van der Waals surface area (Å²) < 4.78 is 1.59. The summed E-state index contributed by atoms with van der Waals surface area (Å²) in [5.41, 5.74) is 0.859. The number of nitrogens with one attached hydrogen (secondary N) is 2. The fourth-order valence-electron chi connectivity index (χ4n) is 2.88. The smallest absolute Gasteiger partial charge is 0.262 e. The third-order valence-electron chi connectivity index (χ3n) is 4.45. The molecule has 0 bridgehead atoms. The average Bonchev–Trinajstić information content (AvgIpc) is 2.70. The van der Waals surface area contributed by atoms with E-state index in [9.17, 15) is 14.4 Å². The zero-order valence-corrected chi connectivity index (χ0v) is 18.3. The monoisotopic (exact) mass is 464 g/mol. The Morgan fingerprint density at radius 1 is 1.17 bits per heavy atom. The number of fused-ring (bicyclic) bond motifs is 1. The lowest BCUT2D eigenvalue weighted by atomic mass is 10.2. The Bertz CT molecular complexity index is 1240. The van der Waals surface area contributed by atoms with E-state index in [2.05, 4.69) is 10.3 Å². The van der Waals surface area contributed by atoms with Crippen LogP contribution in [0.3, 0.4) is 0 Å². The van der Waals surface area contributed by atoms with Gasteiger partial charge in [0.25, 0.3) is 5.56 Å². The minimum atomic E-state index is -0.385. The fourth-order valence-corrected chi connectivity index (χ4v) is 3.46.